The highest BCUT2D eigenvalue weighted by Crippen LogP contribution is 2.08. The van der Waals surface area contributed by atoms with Gasteiger partial charge in [-0.2, -0.15) is 0 Å². The molecule has 0 aliphatic carbocycles. The fraction of sp³-hybridized carbons (Fsp3) is 0.538. The number of benzene rings is 1. The number of rotatable bonds is 6. The lowest BCUT2D eigenvalue weighted by molar-refractivity contribution is 0.129. The van der Waals surface area contributed by atoms with Crippen LogP contribution in [0.5, 0.6) is 0 Å². The maximum absolute atomic E-state index is 5.88. The van der Waals surface area contributed by atoms with Gasteiger partial charge in [0.2, 0.25) is 0 Å². The smallest absolute Gasteiger partial charge is 0.476 e. The molecule has 0 saturated heterocycles. The van der Waals surface area contributed by atoms with Crippen LogP contribution in [0.4, 0.5) is 0 Å². The number of hydrogen-bond donors (Lipinski definition) is 0. The second-order valence-electron chi connectivity index (χ2n) is 4.49. The third-order valence-corrected chi connectivity index (χ3v) is 4.59. The first-order valence-electron chi connectivity index (χ1n) is 5.92. The van der Waals surface area contributed by atoms with Crippen LogP contribution >= 0.6 is 0 Å². The van der Waals surface area contributed by atoms with Crippen molar-refractivity contribution < 1.29 is 7.58 Å². The van der Waals surface area contributed by atoms with Gasteiger partial charge in [-0.1, -0.05) is 35.9 Å². The largest absolute Gasteiger partial charge is 0.679 e. The zero-order valence-electron chi connectivity index (χ0n) is 10.6. The Bertz CT molecular complexity index is 275. The quantitative estimate of drug-likeness (QED) is 0.706. The Morgan fingerprint density at radius 3 is 1.88 bits per heavy atom. The Kier molecular flexibility index (Phi) is 6.08. The van der Waals surface area contributed by atoms with Crippen molar-refractivity contribution >= 4 is 14.8 Å². The van der Waals surface area contributed by atoms with E-state index in [2.05, 4.69) is 52.0 Å². The van der Waals surface area contributed by atoms with Gasteiger partial charge in [-0.15, -0.1) is 0 Å². The highest BCUT2D eigenvalue weighted by molar-refractivity contribution is 6.44. The van der Waals surface area contributed by atoms with Crippen molar-refractivity contribution in [3.05, 3.63) is 35.9 Å². The molecule has 0 saturated carbocycles. The average molecular weight is 236 g/mol. The summed E-state index contributed by atoms with van der Waals surface area (Å²) in [5.41, 5.74) is 1.31. The van der Waals surface area contributed by atoms with Crippen LogP contribution < -0.4 is 0 Å². The van der Waals surface area contributed by atoms with E-state index in [1.165, 1.54) is 5.56 Å². The summed E-state index contributed by atoms with van der Waals surface area (Å²) in [6.45, 7) is 8.26. The molecule has 0 amide bonds. The topological polar surface area (TPSA) is 18.5 Å². The summed E-state index contributed by atoms with van der Waals surface area (Å²) in [5, 5.41) is 0.942. The van der Waals surface area contributed by atoms with Gasteiger partial charge in [0, 0.05) is 12.2 Å². The Balaban J connectivity index is 2.56. The van der Waals surface area contributed by atoms with Crippen LogP contribution in [-0.2, 0) is 12.9 Å². The fourth-order valence-corrected chi connectivity index (χ4v) is 3.67. The molecule has 0 spiro atoms. The van der Waals surface area contributed by atoms with Crippen molar-refractivity contribution in [1.82, 2.24) is 0 Å². The van der Waals surface area contributed by atoms with E-state index >= 15 is 0 Å². The minimum atomic E-state index is -1.58. The van der Waals surface area contributed by atoms with E-state index in [-0.39, 0.29) is 12.2 Å². The third kappa shape index (κ3) is 5.67. The van der Waals surface area contributed by atoms with Crippen molar-refractivity contribution in [3.63, 3.8) is 0 Å². The van der Waals surface area contributed by atoms with Crippen molar-refractivity contribution in [2.45, 2.75) is 45.2 Å². The van der Waals surface area contributed by atoms with Crippen molar-refractivity contribution in [3.8, 4) is 0 Å². The van der Waals surface area contributed by atoms with Crippen LogP contribution in [-0.4, -0.2) is 27.0 Å². The summed E-state index contributed by atoms with van der Waals surface area (Å²) in [6.07, 6.45) is 0.498. The van der Waals surface area contributed by atoms with E-state index < -0.39 is 14.8 Å². The molecule has 16 heavy (non-hydrogen) atoms. The van der Waals surface area contributed by atoms with Crippen LogP contribution in [0.2, 0.25) is 0 Å². The predicted molar refractivity (Wildman–Crippen MR) is 68.3 cm³/mol. The molecule has 0 aliphatic rings. The summed E-state index contributed by atoms with van der Waals surface area (Å²) >= 11 is -1.58. The molecule has 0 atom stereocenters. The molecule has 1 aromatic carbocycles. The van der Waals surface area contributed by atoms with E-state index in [9.17, 15) is 0 Å². The van der Waals surface area contributed by atoms with Crippen molar-refractivity contribution in [2.24, 2.45) is 0 Å². The van der Waals surface area contributed by atoms with Crippen LogP contribution in [0.25, 0.3) is 0 Å². The highest BCUT2D eigenvalue weighted by Gasteiger charge is 2.27. The molecule has 88 valence electrons. The van der Waals surface area contributed by atoms with Crippen molar-refractivity contribution in [2.75, 3.05) is 0 Å². The average Bonchev–Trinajstić information content (AvgIpc) is 2.16. The molecule has 0 bridgehead atoms. The molecule has 1 aromatic rings. The van der Waals surface area contributed by atoms with Crippen LogP contribution in [0, 0.1) is 0 Å². The van der Waals surface area contributed by atoms with Gasteiger partial charge in [-0.3, -0.25) is 0 Å². The molecule has 0 fully saturated rings. The van der Waals surface area contributed by atoms with Gasteiger partial charge in [0.15, 0.2) is 0 Å². The minimum Gasteiger partial charge on any atom is -0.476 e. The highest BCUT2D eigenvalue weighted by atomic mass is 27.2. The molecule has 0 aliphatic heterocycles. The van der Waals surface area contributed by atoms with Crippen LogP contribution in [0.3, 0.4) is 0 Å². The maximum atomic E-state index is 5.88. The monoisotopic (exact) mass is 236 g/mol. The first kappa shape index (κ1) is 13.7. The van der Waals surface area contributed by atoms with E-state index in [4.69, 9.17) is 7.58 Å². The summed E-state index contributed by atoms with van der Waals surface area (Å²) in [7, 11) is 0. The molecule has 3 heteroatoms. The predicted octanol–water partition coefficient (Wildman–Crippen LogP) is 3.11. The maximum Gasteiger partial charge on any atom is 0.679 e. The third-order valence-electron chi connectivity index (χ3n) is 2.09. The van der Waals surface area contributed by atoms with E-state index in [1.54, 1.807) is 0 Å². The first-order chi connectivity index (χ1) is 7.58. The summed E-state index contributed by atoms with van der Waals surface area (Å²) in [4.78, 5) is 0. The SMILES string of the molecule is CC(C)[O][Al]([CH2]c1ccccc1)[O]C(C)C. The summed E-state index contributed by atoms with van der Waals surface area (Å²) < 4.78 is 11.8. The molecular formula is C13H21AlO2. The van der Waals surface area contributed by atoms with Crippen LogP contribution in [0.15, 0.2) is 30.3 Å². The van der Waals surface area contributed by atoms with Gasteiger partial charge in [0.05, 0.1) is 0 Å². The Morgan fingerprint density at radius 1 is 0.938 bits per heavy atom. The lowest BCUT2D eigenvalue weighted by Crippen LogP contribution is -2.32. The second-order valence-corrected chi connectivity index (χ2v) is 6.30. The lowest BCUT2D eigenvalue weighted by Gasteiger charge is -2.18. The molecule has 0 N–H and O–H groups in total. The normalized spacial score (nSPS) is 11.1. The minimum absolute atomic E-state index is 0.249. The summed E-state index contributed by atoms with van der Waals surface area (Å²) in [5.74, 6) is 0. The van der Waals surface area contributed by atoms with Crippen LogP contribution in [0.1, 0.15) is 33.3 Å². The fourth-order valence-electron chi connectivity index (χ4n) is 1.54. The molecular weight excluding hydrogens is 215 g/mol. The summed E-state index contributed by atoms with van der Waals surface area (Å²) in [6, 6.07) is 10.4. The van der Waals surface area contributed by atoms with Gasteiger partial charge in [-0.05, 0) is 33.0 Å². The molecule has 1 rings (SSSR count). The van der Waals surface area contributed by atoms with Gasteiger partial charge in [-0.25, -0.2) is 0 Å². The molecule has 2 nitrogen and oxygen atoms in total. The van der Waals surface area contributed by atoms with Gasteiger partial charge in [0.1, 0.15) is 0 Å². The molecule has 0 aromatic heterocycles. The Morgan fingerprint density at radius 2 is 1.44 bits per heavy atom. The molecule has 0 radical (unpaired) electrons. The van der Waals surface area contributed by atoms with E-state index in [0.717, 1.165) is 5.28 Å². The van der Waals surface area contributed by atoms with E-state index in [0.29, 0.717) is 0 Å². The van der Waals surface area contributed by atoms with Crippen molar-refractivity contribution in [1.29, 1.82) is 0 Å². The Labute approximate surface area is 104 Å². The van der Waals surface area contributed by atoms with Gasteiger partial charge >= 0.3 is 14.8 Å². The van der Waals surface area contributed by atoms with Gasteiger partial charge < -0.3 is 7.58 Å². The lowest BCUT2D eigenvalue weighted by atomic mass is 10.2. The standard InChI is InChI=1S/C7H7.2C3H7O.Al/c1-7-5-3-2-4-6-7;2*1-3(2)4;/h2-6H,1H2;2*3H,1-2H3;/q;2*-1;+2. The Hall–Kier alpha value is -0.328. The zero-order valence-corrected chi connectivity index (χ0v) is 11.8. The zero-order chi connectivity index (χ0) is 12.0. The first-order valence-corrected chi connectivity index (χ1v) is 7.68. The number of hydrogen-bond acceptors (Lipinski definition) is 2. The van der Waals surface area contributed by atoms with E-state index in [1.807, 2.05) is 6.07 Å². The molecule has 0 heterocycles. The van der Waals surface area contributed by atoms with Gasteiger partial charge in [0.25, 0.3) is 0 Å². The molecule has 0 unspecified atom stereocenters. The second kappa shape index (κ2) is 7.09.